The van der Waals surface area contributed by atoms with Crippen LogP contribution in [-0.4, -0.2) is 415 Å². The Hall–Kier alpha value is -2.54. The maximum absolute atomic E-state index is 12.9. The molecule has 0 unspecified atom stereocenters. The predicted octanol–water partition coefficient (Wildman–Crippen LogP) is -16.5. The number of amides is 2. The molecule has 0 aromatic heterocycles. The molecule has 7 fully saturated rings. The van der Waals surface area contributed by atoms with Crippen molar-refractivity contribution in [2.75, 3.05) is 46.2 Å². The molecular weight excluding hydrogens is 1280 g/mol. The number of carbonyl (C=O) groups excluding carboxylic acids is 2. The maximum Gasteiger partial charge on any atom is 0.217 e. The summed E-state index contributed by atoms with van der Waals surface area (Å²) in [5, 5.41) is 255. The highest BCUT2D eigenvalue weighted by Crippen LogP contribution is 2.39. The number of aliphatic hydroxyl groups is 23. The van der Waals surface area contributed by atoms with Crippen LogP contribution >= 0.6 is 0 Å². The van der Waals surface area contributed by atoms with Crippen LogP contribution in [0, 0.1) is 0 Å². The van der Waals surface area contributed by atoms with Gasteiger partial charge in [-0.3, -0.25) is 9.59 Å². The molecule has 0 spiro atoms. The topological polar surface area (TPSA) is 653 Å². The van der Waals surface area contributed by atoms with Crippen molar-refractivity contribution in [1.29, 1.82) is 0 Å². The lowest BCUT2D eigenvalue weighted by molar-refractivity contribution is -0.402. The summed E-state index contributed by atoms with van der Waals surface area (Å²) in [5.74, 6) is -1.84. The van der Waals surface area contributed by atoms with E-state index >= 15 is 0 Å². The number of rotatable bonds is 26. The highest BCUT2D eigenvalue weighted by atomic mass is 16.8. The van der Waals surface area contributed by atoms with Crippen LogP contribution in [-0.2, 0) is 75.9 Å². The Morgan fingerprint density at radius 1 is 0.387 bits per heavy atom. The molecule has 542 valence electrons. The quantitative estimate of drug-likeness (QED) is 0.0382. The van der Waals surface area contributed by atoms with Crippen LogP contribution in [0.4, 0.5) is 0 Å². The minimum atomic E-state index is -2.47. The van der Waals surface area contributed by atoms with Gasteiger partial charge in [0, 0.05) is 13.8 Å². The van der Waals surface area contributed by atoms with Crippen LogP contribution in [0.3, 0.4) is 0 Å². The van der Waals surface area contributed by atoms with E-state index in [0.717, 1.165) is 13.8 Å². The van der Waals surface area contributed by atoms with E-state index in [-0.39, 0.29) is 0 Å². The van der Waals surface area contributed by atoms with E-state index in [9.17, 15) is 127 Å². The number of aliphatic hydroxyl groups excluding tert-OH is 23. The van der Waals surface area contributed by atoms with Crippen LogP contribution in [0.15, 0.2) is 0 Å². The fourth-order valence-corrected chi connectivity index (χ4v) is 11.6. The van der Waals surface area contributed by atoms with Crippen molar-refractivity contribution in [1.82, 2.24) is 10.6 Å². The summed E-state index contributed by atoms with van der Waals surface area (Å²) >= 11 is 0. The van der Waals surface area contributed by atoms with Crippen LogP contribution < -0.4 is 10.6 Å². The zero-order valence-electron chi connectivity index (χ0n) is 50.3. The Labute approximate surface area is 528 Å². The largest absolute Gasteiger partial charge is 0.394 e. The summed E-state index contributed by atoms with van der Waals surface area (Å²) in [7, 11) is 0. The Morgan fingerprint density at radius 2 is 0.742 bits per heavy atom. The number of hydrogen-bond donors (Lipinski definition) is 25. The first-order valence-electron chi connectivity index (χ1n) is 29.8. The summed E-state index contributed by atoms with van der Waals surface area (Å²) in [6.07, 6.45) is -74.0. The predicted molar refractivity (Wildman–Crippen MR) is 287 cm³/mol. The standard InChI is InChI=1S/C52H90N2O39/c1-12-24(64)32(72)36(76)47(81-12)92-44-42(90-49-38(78)34(74)27(67)18(6-56)83-49)29(69)20(8-58)85-51(44)88-40(16(5-55)53-14(3)61)26(66)17(63)11-80-46-23(54-15(4)62)31(71)41(22(10-60)87-46)89-52-45(93-48-37(77)33(73)25(65)13(2)82-48)43(30(70)21(9-59)86-52)91-50-39(79)35(75)28(68)19(7-57)84-50/h12-13,16-52,55-60,63-79H,5-11H2,1-4H3,(H,53,61)(H,54,62)/t12-,13-,16-,17+,18+,19+,20+,21+,22+,23+,24+,25+,26-,27-,28-,29-,30-,31+,32+,33+,34-,35-,36-,37-,38+,39+,40+,41+,42-,43-,44+,45+,46+,47-,48-,49+,50+,51-,52-/m0/s1. The molecule has 7 aliphatic heterocycles. The minimum Gasteiger partial charge on any atom is -0.394 e. The second kappa shape index (κ2) is 34.0. The smallest absolute Gasteiger partial charge is 0.217 e. The van der Waals surface area contributed by atoms with Gasteiger partial charge in [0.15, 0.2) is 44.0 Å². The molecule has 0 aromatic carbocycles. The first-order chi connectivity index (χ1) is 43.9. The van der Waals surface area contributed by atoms with Gasteiger partial charge >= 0.3 is 0 Å². The molecule has 41 nitrogen and oxygen atoms in total. The molecule has 7 heterocycles. The normalized spacial score (nSPS) is 48.1. The van der Waals surface area contributed by atoms with Gasteiger partial charge in [-0.1, -0.05) is 0 Å². The van der Waals surface area contributed by atoms with Crippen molar-refractivity contribution in [3.8, 4) is 0 Å². The Balaban J connectivity index is 1.17. The average molecular weight is 1370 g/mol. The van der Waals surface area contributed by atoms with Crippen LogP contribution in [0.5, 0.6) is 0 Å². The Kier molecular flexibility index (Phi) is 28.5. The molecule has 7 saturated heterocycles. The maximum atomic E-state index is 12.9. The van der Waals surface area contributed by atoms with E-state index < -0.39 is 297 Å². The molecule has 0 bridgehead atoms. The molecular formula is C52H90N2O39. The van der Waals surface area contributed by atoms with E-state index in [1.807, 2.05) is 0 Å². The third-order valence-electron chi connectivity index (χ3n) is 17.0. The zero-order valence-corrected chi connectivity index (χ0v) is 50.3. The van der Waals surface area contributed by atoms with E-state index in [0.29, 0.717) is 0 Å². The second-order valence-corrected chi connectivity index (χ2v) is 23.6. The van der Waals surface area contributed by atoms with Crippen LogP contribution in [0.25, 0.3) is 0 Å². The molecule has 0 radical (unpaired) electrons. The van der Waals surface area contributed by atoms with Gasteiger partial charge < -0.3 is 194 Å². The summed E-state index contributed by atoms with van der Waals surface area (Å²) in [6.45, 7) is -3.22. The summed E-state index contributed by atoms with van der Waals surface area (Å²) < 4.78 is 82.0. The lowest BCUT2D eigenvalue weighted by Gasteiger charge is -2.51. The molecule has 25 N–H and O–H groups in total. The highest BCUT2D eigenvalue weighted by molar-refractivity contribution is 5.73. The number of carbonyl (C=O) groups is 2. The van der Waals surface area contributed by atoms with Crippen molar-refractivity contribution < 1.29 is 193 Å². The van der Waals surface area contributed by atoms with E-state index in [1.165, 1.54) is 13.8 Å². The molecule has 0 aliphatic carbocycles. The zero-order chi connectivity index (χ0) is 68.9. The molecule has 7 aliphatic rings. The Morgan fingerprint density at radius 3 is 1.15 bits per heavy atom. The molecule has 39 atom stereocenters. The Bertz CT molecular complexity index is 2290. The van der Waals surface area contributed by atoms with E-state index in [2.05, 4.69) is 10.6 Å². The van der Waals surface area contributed by atoms with Crippen LogP contribution in [0.2, 0.25) is 0 Å². The second-order valence-electron chi connectivity index (χ2n) is 23.6. The molecule has 0 aromatic rings. The van der Waals surface area contributed by atoms with Gasteiger partial charge in [0.1, 0.15) is 177 Å². The first-order valence-corrected chi connectivity index (χ1v) is 29.8. The minimum absolute atomic E-state index is 0.912. The third-order valence-corrected chi connectivity index (χ3v) is 17.0. The monoisotopic (exact) mass is 1370 g/mol. The van der Waals surface area contributed by atoms with Crippen LogP contribution in [0.1, 0.15) is 27.7 Å². The lowest BCUT2D eigenvalue weighted by Crippen LogP contribution is -2.69. The molecule has 7 rings (SSSR count). The lowest BCUT2D eigenvalue weighted by atomic mass is 9.94. The summed E-state index contributed by atoms with van der Waals surface area (Å²) in [4.78, 5) is 25.5. The van der Waals surface area contributed by atoms with Gasteiger partial charge in [-0.05, 0) is 13.8 Å². The number of nitrogens with one attached hydrogen (secondary N) is 2. The average Bonchev–Trinajstić information content (AvgIpc) is 0.780. The van der Waals surface area contributed by atoms with Crippen molar-refractivity contribution in [3.05, 3.63) is 0 Å². The van der Waals surface area contributed by atoms with Gasteiger partial charge in [-0.25, -0.2) is 0 Å². The van der Waals surface area contributed by atoms with Gasteiger partial charge in [0.2, 0.25) is 11.8 Å². The number of ether oxygens (including phenoxy) is 14. The van der Waals surface area contributed by atoms with Gasteiger partial charge in [-0.2, -0.15) is 0 Å². The molecule has 0 saturated carbocycles. The highest BCUT2D eigenvalue weighted by Gasteiger charge is 2.59. The van der Waals surface area contributed by atoms with Crippen molar-refractivity contribution in [2.45, 2.75) is 267 Å². The van der Waals surface area contributed by atoms with E-state index in [1.54, 1.807) is 0 Å². The van der Waals surface area contributed by atoms with Crippen molar-refractivity contribution >= 4 is 11.8 Å². The van der Waals surface area contributed by atoms with Crippen molar-refractivity contribution in [2.24, 2.45) is 0 Å². The summed E-state index contributed by atoms with van der Waals surface area (Å²) in [6, 6.07) is -3.71. The van der Waals surface area contributed by atoms with Gasteiger partial charge in [0.05, 0.1) is 64.5 Å². The third kappa shape index (κ3) is 17.4. The SMILES string of the molecule is CC(=O)N[C@H]1[C@H](OC[C@@H](O)[C@H](O)[C@H](O[C@@H]2O[C@H](CO)[C@H](O)[C@H](O[C@H]3O[C@H](CO)[C@H](O)[C@H](O)[C@H]3O)[C@H]2O[C@@H]2O[C@@H](C)[C@@H](O)[C@@H](O)[C@@H]2O)[C@H](CO)NC(C)=O)O[C@H](CO)[C@@H](O[C@@H]2O[C@H](CO)[C@H](O)[C@H](O[C@H]3O[C@H](CO)[C@H](O)[C@H](O)[C@H]3O)[C@H]2O[C@@H]2O[C@@H](C)[C@@H](O)[C@@H](O)[C@@H]2O)[C@@H]1O. The van der Waals surface area contributed by atoms with Gasteiger partial charge in [0.25, 0.3) is 0 Å². The first kappa shape index (κ1) is 77.8. The summed E-state index contributed by atoms with van der Waals surface area (Å²) in [5.41, 5.74) is 0. The fourth-order valence-electron chi connectivity index (χ4n) is 11.6. The fraction of sp³-hybridized carbons (Fsp3) is 0.962. The van der Waals surface area contributed by atoms with E-state index in [4.69, 9.17) is 66.3 Å². The number of hydrogen-bond acceptors (Lipinski definition) is 39. The van der Waals surface area contributed by atoms with Crippen molar-refractivity contribution in [3.63, 3.8) is 0 Å². The molecule has 2 amide bonds. The molecule has 93 heavy (non-hydrogen) atoms. The molecule has 41 heteroatoms. The van der Waals surface area contributed by atoms with Gasteiger partial charge in [-0.15, -0.1) is 0 Å².